The van der Waals surface area contributed by atoms with E-state index in [-0.39, 0.29) is 16.3 Å². The number of rotatable bonds is 6. The maximum atomic E-state index is 11.9. The Labute approximate surface area is 115 Å². The molecule has 0 saturated carbocycles. The highest BCUT2D eigenvalue weighted by Crippen LogP contribution is 2.23. The first-order valence-electron chi connectivity index (χ1n) is 5.58. The van der Waals surface area contributed by atoms with Gasteiger partial charge in [-0.15, -0.1) is 0 Å². The number of non-ortho nitro benzene ring substituents is 1. The quantitative estimate of drug-likeness (QED) is 0.370. The summed E-state index contributed by atoms with van der Waals surface area (Å²) in [7, 11) is -4.01. The number of carbonyl (C=O) groups excluding carboxylic acids is 1. The number of hydrogen-bond acceptors (Lipinski definition) is 6. The number of nitrogen functional groups attached to an aromatic ring is 1. The molecule has 0 aliphatic carbocycles. The average Bonchev–Trinajstić information content (AvgIpc) is 2.36. The summed E-state index contributed by atoms with van der Waals surface area (Å²) in [6, 6.07) is 2.99. The zero-order valence-corrected chi connectivity index (χ0v) is 11.4. The van der Waals surface area contributed by atoms with Crippen molar-refractivity contribution < 1.29 is 18.1 Å². The summed E-state index contributed by atoms with van der Waals surface area (Å²) in [4.78, 5) is 20.7. The van der Waals surface area contributed by atoms with Gasteiger partial charge in [0, 0.05) is 18.7 Å². The maximum Gasteiger partial charge on any atom is 0.271 e. The fourth-order valence-electron chi connectivity index (χ4n) is 1.39. The lowest BCUT2D eigenvalue weighted by molar-refractivity contribution is -0.384. The van der Waals surface area contributed by atoms with Crippen molar-refractivity contribution in [1.82, 2.24) is 10.0 Å². The average molecular weight is 302 g/mol. The SMILES string of the molecule is CCNC(=O)CNS(=O)(=O)c1ccc([N+](=O)[O-])cc1N. The highest BCUT2D eigenvalue weighted by molar-refractivity contribution is 7.89. The molecule has 0 spiro atoms. The summed E-state index contributed by atoms with van der Waals surface area (Å²) in [5.41, 5.74) is 4.91. The van der Waals surface area contributed by atoms with Crippen LogP contribution in [0.5, 0.6) is 0 Å². The number of likely N-dealkylation sites (N-methyl/N-ethyl adjacent to an activating group) is 1. The van der Waals surface area contributed by atoms with E-state index in [4.69, 9.17) is 5.73 Å². The van der Waals surface area contributed by atoms with E-state index in [9.17, 15) is 23.3 Å². The van der Waals surface area contributed by atoms with Crippen molar-refractivity contribution in [2.75, 3.05) is 18.8 Å². The molecule has 1 rings (SSSR count). The predicted molar refractivity (Wildman–Crippen MR) is 71.4 cm³/mol. The van der Waals surface area contributed by atoms with Crippen LogP contribution >= 0.6 is 0 Å². The Hall–Kier alpha value is -2.20. The number of carbonyl (C=O) groups is 1. The molecule has 0 aliphatic rings. The molecule has 1 aromatic rings. The second-order valence-corrected chi connectivity index (χ2v) is 5.49. The largest absolute Gasteiger partial charge is 0.397 e. The van der Waals surface area contributed by atoms with Crippen molar-refractivity contribution >= 4 is 27.3 Å². The Morgan fingerprint density at radius 3 is 2.60 bits per heavy atom. The maximum absolute atomic E-state index is 11.9. The molecular weight excluding hydrogens is 288 g/mol. The standard InChI is InChI=1S/C10H14N4O5S/c1-2-12-10(15)6-13-20(18,19)9-4-3-7(14(16)17)5-8(9)11/h3-5,13H,2,6,11H2,1H3,(H,12,15). The van der Waals surface area contributed by atoms with Crippen molar-refractivity contribution in [2.45, 2.75) is 11.8 Å². The summed E-state index contributed by atoms with van der Waals surface area (Å²) < 4.78 is 25.9. The topological polar surface area (TPSA) is 144 Å². The lowest BCUT2D eigenvalue weighted by Crippen LogP contribution is -2.36. The summed E-state index contributed by atoms with van der Waals surface area (Å²) >= 11 is 0. The fraction of sp³-hybridized carbons (Fsp3) is 0.300. The number of nitrogens with two attached hydrogens (primary N) is 1. The molecule has 0 aromatic heterocycles. The lowest BCUT2D eigenvalue weighted by atomic mass is 10.3. The van der Waals surface area contributed by atoms with Crippen LogP contribution < -0.4 is 15.8 Å². The third-order valence-corrected chi connectivity index (χ3v) is 3.77. The van der Waals surface area contributed by atoms with E-state index in [1.165, 1.54) is 0 Å². The smallest absolute Gasteiger partial charge is 0.271 e. The van der Waals surface area contributed by atoms with Gasteiger partial charge in [0.1, 0.15) is 4.90 Å². The Balaban J connectivity index is 2.93. The van der Waals surface area contributed by atoms with Crippen LogP contribution in [0.4, 0.5) is 11.4 Å². The first-order valence-corrected chi connectivity index (χ1v) is 7.06. The Morgan fingerprint density at radius 1 is 1.45 bits per heavy atom. The summed E-state index contributed by atoms with van der Waals surface area (Å²) in [6.45, 7) is 1.63. The van der Waals surface area contributed by atoms with E-state index in [1.807, 2.05) is 0 Å². The second kappa shape index (κ2) is 6.30. The van der Waals surface area contributed by atoms with Crippen LogP contribution in [0.15, 0.2) is 23.1 Å². The number of nitrogens with one attached hydrogen (secondary N) is 2. The van der Waals surface area contributed by atoms with Crippen LogP contribution in [0.2, 0.25) is 0 Å². The number of nitro groups is 1. The molecule has 1 aromatic carbocycles. The van der Waals surface area contributed by atoms with E-state index in [0.29, 0.717) is 6.54 Å². The molecule has 20 heavy (non-hydrogen) atoms. The first-order chi connectivity index (χ1) is 9.27. The van der Waals surface area contributed by atoms with Crippen molar-refractivity contribution in [1.29, 1.82) is 0 Å². The molecule has 4 N–H and O–H groups in total. The minimum Gasteiger partial charge on any atom is -0.397 e. The molecule has 0 bridgehead atoms. The zero-order valence-electron chi connectivity index (χ0n) is 10.6. The molecule has 1 amide bonds. The summed E-state index contributed by atoms with van der Waals surface area (Å²) in [5, 5.41) is 13.0. The molecule has 0 saturated heterocycles. The van der Waals surface area contributed by atoms with Crippen molar-refractivity contribution in [3.63, 3.8) is 0 Å². The van der Waals surface area contributed by atoms with Gasteiger partial charge in [0.15, 0.2) is 0 Å². The Bertz CT molecular complexity index is 629. The van der Waals surface area contributed by atoms with Crippen molar-refractivity contribution in [3.8, 4) is 0 Å². The van der Waals surface area contributed by atoms with Crippen LogP contribution in [0.1, 0.15) is 6.92 Å². The van der Waals surface area contributed by atoms with E-state index in [0.717, 1.165) is 18.2 Å². The van der Waals surface area contributed by atoms with Gasteiger partial charge in [-0.3, -0.25) is 14.9 Å². The van der Waals surface area contributed by atoms with Gasteiger partial charge in [0.25, 0.3) is 5.69 Å². The van der Waals surface area contributed by atoms with E-state index < -0.39 is 27.4 Å². The van der Waals surface area contributed by atoms with Crippen LogP contribution in [-0.2, 0) is 14.8 Å². The Kier molecular flexibility index (Phi) is 5.00. The number of sulfonamides is 1. The number of anilines is 1. The monoisotopic (exact) mass is 302 g/mol. The number of hydrogen-bond donors (Lipinski definition) is 3. The van der Waals surface area contributed by atoms with Gasteiger partial charge in [0.2, 0.25) is 15.9 Å². The van der Waals surface area contributed by atoms with Gasteiger partial charge in [-0.2, -0.15) is 0 Å². The molecule has 0 fully saturated rings. The van der Waals surface area contributed by atoms with Gasteiger partial charge >= 0.3 is 0 Å². The highest BCUT2D eigenvalue weighted by atomic mass is 32.2. The molecular formula is C10H14N4O5S. The van der Waals surface area contributed by atoms with Crippen LogP contribution in [0.25, 0.3) is 0 Å². The Morgan fingerprint density at radius 2 is 2.10 bits per heavy atom. The summed E-state index contributed by atoms with van der Waals surface area (Å²) in [5.74, 6) is -0.489. The van der Waals surface area contributed by atoms with Gasteiger partial charge in [-0.1, -0.05) is 0 Å². The first kappa shape index (κ1) is 15.9. The fourth-order valence-corrected chi connectivity index (χ4v) is 2.49. The van der Waals surface area contributed by atoms with Crippen LogP contribution in [-0.4, -0.2) is 32.3 Å². The number of nitro benzene ring substituents is 1. The molecule has 0 unspecified atom stereocenters. The second-order valence-electron chi connectivity index (χ2n) is 3.76. The van der Waals surface area contributed by atoms with Crippen LogP contribution in [0, 0.1) is 10.1 Å². The zero-order chi connectivity index (χ0) is 15.3. The predicted octanol–water partition coefficient (Wildman–Crippen LogP) is -0.409. The molecule has 0 aliphatic heterocycles. The van der Waals surface area contributed by atoms with E-state index >= 15 is 0 Å². The van der Waals surface area contributed by atoms with Gasteiger partial charge in [0.05, 0.1) is 17.2 Å². The minimum absolute atomic E-state index is 0.261. The number of benzene rings is 1. The van der Waals surface area contributed by atoms with Gasteiger partial charge in [-0.05, 0) is 13.0 Å². The third-order valence-electron chi connectivity index (χ3n) is 2.29. The number of nitrogens with zero attached hydrogens (tertiary/aromatic N) is 1. The normalized spacial score (nSPS) is 11.1. The molecule has 0 heterocycles. The molecule has 110 valence electrons. The van der Waals surface area contributed by atoms with Crippen LogP contribution in [0.3, 0.4) is 0 Å². The highest BCUT2D eigenvalue weighted by Gasteiger charge is 2.20. The number of amides is 1. The molecule has 0 atom stereocenters. The minimum atomic E-state index is -4.01. The van der Waals surface area contributed by atoms with E-state index in [1.54, 1.807) is 6.92 Å². The van der Waals surface area contributed by atoms with E-state index in [2.05, 4.69) is 10.0 Å². The lowest BCUT2D eigenvalue weighted by Gasteiger charge is -2.08. The molecule has 10 heteroatoms. The van der Waals surface area contributed by atoms with Gasteiger partial charge in [-0.25, -0.2) is 13.1 Å². The third kappa shape index (κ3) is 3.90. The molecule has 0 radical (unpaired) electrons. The van der Waals surface area contributed by atoms with Crippen molar-refractivity contribution in [2.24, 2.45) is 0 Å². The summed E-state index contributed by atoms with van der Waals surface area (Å²) in [6.07, 6.45) is 0. The van der Waals surface area contributed by atoms with Gasteiger partial charge < -0.3 is 11.1 Å². The van der Waals surface area contributed by atoms with Crippen molar-refractivity contribution in [3.05, 3.63) is 28.3 Å². The molecule has 9 nitrogen and oxygen atoms in total.